The van der Waals surface area contributed by atoms with Gasteiger partial charge in [0, 0.05) is 17.4 Å². The van der Waals surface area contributed by atoms with Crippen LogP contribution < -0.4 is 4.74 Å². The zero-order valence-corrected chi connectivity index (χ0v) is 10.0. The summed E-state index contributed by atoms with van der Waals surface area (Å²) in [5.74, 6) is 0.486. The molecule has 0 spiro atoms. The zero-order valence-electron chi connectivity index (χ0n) is 9.26. The van der Waals surface area contributed by atoms with Crippen LogP contribution in [0.1, 0.15) is 10.4 Å². The molecule has 4 nitrogen and oxygen atoms in total. The van der Waals surface area contributed by atoms with Crippen LogP contribution in [0, 0.1) is 6.92 Å². The highest BCUT2D eigenvalue weighted by atomic mass is 35.5. The van der Waals surface area contributed by atoms with E-state index in [9.17, 15) is 4.79 Å². The minimum Gasteiger partial charge on any atom is -0.483 e. The van der Waals surface area contributed by atoms with Crippen LogP contribution in [0.3, 0.4) is 0 Å². The molecule has 0 unspecified atom stereocenters. The van der Waals surface area contributed by atoms with E-state index in [0.29, 0.717) is 10.8 Å². The SMILES string of the molecule is Cc1cc(Cl)ccc1OCC(=O)n1ccnc1. The number of aryl methyl sites for hydroxylation is 1. The summed E-state index contributed by atoms with van der Waals surface area (Å²) < 4.78 is 6.80. The van der Waals surface area contributed by atoms with Gasteiger partial charge >= 0.3 is 0 Å². The molecule has 2 rings (SSSR count). The van der Waals surface area contributed by atoms with E-state index >= 15 is 0 Å². The maximum Gasteiger partial charge on any atom is 0.269 e. The molecule has 0 amide bonds. The van der Waals surface area contributed by atoms with Gasteiger partial charge in [0.2, 0.25) is 0 Å². The smallest absolute Gasteiger partial charge is 0.269 e. The third-order valence-electron chi connectivity index (χ3n) is 2.28. The van der Waals surface area contributed by atoms with Crippen molar-refractivity contribution in [2.75, 3.05) is 6.61 Å². The Hall–Kier alpha value is -1.81. The predicted molar refractivity (Wildman–Crippen MR) is 64.5 cm³/mol. The number of nitrogens with zero attached hydrogens (tertiary/aromatic N) is 2. The molecular weight excluding hydrogens is 240 g/mol. The molecule has 0 saturated carbocycles. The van der Waals surface area contributed by atoms with Gasteiger partial charge in [-0.15, -0.1) is 0 Å². The summed E-state index contributed by atoms with van der Waals surface area (Å²) in [6.45, 7) is 1.85. The highest BCUT2D eigenvalue weighted by Gasteiger charge is 2.06. The van der Waals surface area contributed by atoms with Gasteiger partial charge in [-0.2, -0.15) is 0 Å². The van der Waals surface area contributed by atoms with Crippen LogP contribution in [0.15, 0.2) is 36.9 Å². The molecule has 0 atom stereocenters. The number of benzene rings is 1. The van der Waals surface area contributed by atoms with E-state index in [1.807, 2.05) is 6.92 Å². The van der Waals surface area contributed by atoms with Gasteiger partial charge in [0.05, 0.1) is 0 Å². The minimum atomic E-state index is -0.170. The van der Waals surface area contributed by atoms with Crippen molar-refractivity contribution < 1.29 is 9.53 Å². The van der Waals surface area contributed by atoms with Crippen LogP contribution in [0.25, 0.3) is 0 Å². The van der Waals surface area contributed by atoms with Crippen LogP contribution in [0.5, 0.6) is 5.75 Å². The molecule has 88 valence electrons. The Morgan fingerprint density at radius 1 is 1.53 bits per heavy atom. The van der Waals surface area contributed by atoms with Crippen molar-refractivity contribution >= 4 is 17.5 Å². The first-order valence-corrected chi connectivity index (χ1v) is 5.45. The quantitative estimate of drug-likeness (QED) is 0.841. The van der Waals surface area contributed by atoms with Crippen molar-refractivity contribution in [1.82, 2.24) is 9.55 Å². The first kappa shape index (κ1) is 11.7. The van der Waals surface area contributed by atoms with Gasteiger partial charge in [0.15, 0.2) is 6.61 Å². The fraction of sp³-hybridized carbons (Fsp3) is 0.167. The molecule has 0 aliphatic rings. The van der Waals surface area contributed by atoms with E-state index < -0.39 is 0 Å². The molecule has 0 radical (unpaired) electrons. The van der Waals surface area contributed by atoms with Gasteiger partial charge in [-0.25, -0.2) is 4.98 Å². The predicted octanol–water partition coefficient (Wildman–Crippen LogP) is 2.56. The maximum atomic E-state index is 11.6. The van der Waals surface area contributed by atoms with Gasteiger partial charge in [-0.3, -0.25) is 9.36 Å². The Morgan fingerprint density at radius 3 is 3.00 bits per heavy atom. The zero-order chi connectivity index (χ0) is 12.3. The first-order chi connectivity index (χ1) is 8.16. The van der Waals surface area contributed by atoms with Gasteiger partial charge in [-0.1, -0.05) is 11.6 Å². The molecule has 0 saturated heterocycles. The Balaban J connectivity index is 2.01. The van der Waals surface area contributed by atoms with Crippen LogP contribution in [0.4, 0.5) is 0 Å². The molecule has 5 heteroatoms. The van der Waals surface area contributed by atoms with Gasteiger partial charge in [0.1, 0.15) is 12.1 Å². The Labute approximate surface area is 104 Å². The number of ether oxygens (including phenoxy) is 1. The van der Waals surface area contributed by atoms with Crippen molar-refractivity contribution in [3.63, 3.8) is 0 Å². The standard InChI is InChI=1S/C12H11ClN2O2/c1-9-6-10(13)2-3-11(9)17-7-12(16)15-5-4-14-8-15/h2-6,8H,7H2,1H3. The Morgan fingerprint density at radius 2 is 2.35 bits per heavy atom. The number of imidazole rings is 1. The van der Waals surface area contributed by atoms with E-state index in [1.54, 1.807) is 30.6 Å². The van der Waals surface area contributed by atoms with Crippen LogP contribution >= 0.6 is 11.6 Å². The molecule has 0 bridgehead atoms. The highest BCUT2D eigenvalue weighted by Crippen LogP contribution is 2.21. The summed E-state index contributed by atoms with van der Waals surface area (Å²) in [6, 6.07) is 5.27. The van der Waals surface area contributed by atoms with E-state index in [4.69, 9.17) is 16.3 Å². The molecule has 1 aromatic heterocycles. The molecule has 17 heavy (non-hydrogen) atoms. The second kappa shape index (κ2) is 5.01. The molecule has 1 heterocycles. The normalized spacial score (nSPS) is 10.2. The molecular formula is C12H11ClN2O2. The lowest BCUT2D eigenvalue weighted by Crippen LogP contribution is -2.18. The second-order valence-corrected chi connectivity index (χ2v) is 4.00. The minimum absolute atomic E-state index is 0.0289. The number of carbonyl (C=O) groups is 1. The summed E-state index contributed by atoms with van der Waals surface area (Å²) in [5.41, 5.74) is 0.899. The average Bonchev–Trinajstić information content (AvgIpc) is 2.81. The lowest BCUT2D eigenvalue weighted by Gasteiger charge is -2.08. The third-order valence-corrected chi connectivity index (χ3v) is 2.52. The van der Waals surface area contributed by atoms with Gasteiger partial charge in [0.25, 0.3) is 5.91 Å². The summed E-state index contributed by atoms with van der Waals surface area (Å²) in [6.07, 6.45) is 4.58. The summed E-state index contributed by atoms with van der Waals surface area (Å²) in [7, 11) is 0. The molecule has 0 aliphatic carbocycles. The fourth-order valence-electron chi connectivity index (χ4n) is 1.40. The lowest BCUT2D eigenvalue weighted by molar-refractivity contribution is 0.0837. The van der Waals surface area contributed by atoms with Crippen LogP contribution in [-0.4, -0.2) is 22.1 Å². The summed E-state index contributed by atoms with van der Waals surface area (Å²) in [5, 5.41) is 0.649. The molecule has 1 aromatic carbocycles. The topological polar surface area (TPSA) is 44.1 Å². The number of halogens is 1. The second-order valence-electron chi connectivity index (χ2n) is 3.56. The Bertz CT molecular complexity index is 523. The number of hydrogen-bond acceptors (Lipinski definition) is 3. The Kier molecular flexibility index (Phi) is 3.44. The van der Waals surface area contributed by atoms with Gasteiger partial charge in [-0.05, 0) is 30.7 Å². The maximum absolute atomic E-state index is 11.6. The van der Waals surface area contributed by atoms with Crippen LogP contribution in [-0.2, 0) is 0 Å². The number of rotatable bonds is 3. The van der Waals surface area contributed by atoms with Crippen molar-refractivity contribution in [1.29, 1.82) is 0 Å². The highest BCUT2D eigenvalue weighted by molar-refractivity contribution is 6.30. The van der Waals surface area contributed by atoms with Crippen LogP contribution in [0.2, 0.25) is 5.02 Å². The van der Waals surface area contributed by atoms with Crippen molar-refractivity contribution in [2.45, 2.75) is 6.92 Å². The third kappa shape index (κ3) is 2.85. The van der Waals surface area contributed by atoms with E-state index in [2.05, 4.69) is 4.98 Å². The lowest BCUT2D eigenvalue weighted by atomic mass is 10.2. The first-order valence-electron chi connectivity index (χ1n) is 5.07. The molecule has 0 fully saturated rings. The van der Waals surface area contributed by atoms with E-state index in [0.717, 1.165) is 5.56 Å². The van der Waals surface area contributed by atoms with Crippen molar-refractivity contribution in [2.24, 2.45) is 0 Å². The number of carbonyl (C=O) groups excluding carboxylic acids is 1. The van der Waals surface area contributed by atoms with Gasteiger partial charge < -0.3 is 4.74 Å². The number of hydrogen-bond donors (Lipinski definition) is 0. The summed E-state index contributed by atoms with van der Waals surface area (Å²) in [4.78, 5) is 15.4. The average molecular weight is 251 g/mol. The monoisotopic (exact) mass is 250 g/mol. The molecule has 0 aliphatic heterocycles. The largest absolute Gasteiger partial charge is 0.483 e. The number of aromatic nitrogens is 2. The fourth-order valence-corrected chi connectivity index (χ4v) is 1.62. The molecule has 0 N–H and O–H groups in total. The van der Waals surface area contributed by atoms with Crippen molar-refractivity contribution in [3.05, 3.63) is 47.5 Å². The van der Waals surface area contributed by atoms with Crippen molar-refractivity contribution in [3.8, 4) is 5.75 Å². The van der Waals surface area contributed by atoms with E-state index in [-0.39, 0.29) is 12.5 Å². The van der Waals surface area contributed by atoms with E-state index in [1.165, 1.54) is 10.9 Å². The summed E-state index contributed by atoms with van der Waals surface area (Å²) >= 11 is 5.83. The molecule has 2 aromatic rings.